The summed E-state index contributed by atoms with van der Waals surface area (Å²) in [5.41, 5.74) is 5.55. The Bertz CT molecular complexity index is 949. The fourth-order valence-corrected chi connectivity index (χ4v) is 3.59. The number of benzene rings is 2. The molecule has 2 aromatic carbocycles. The molecule has 0 aliphatic carbocycles. The van der Waals surface area contributed by atoms with Crippen molar-refractivity contribution in [3.63, 3.8) is 0 Å². The standard InChI is InChI=1S/C23H25N3O2/c1-17-7-5-6-10-19(17)13-22(27)24-14-21-23-20(11-12-28-21)16-26(25-23)15-18-8-3-2-4-9-18/h2-10,16,21H,11-15H2,1H3,(H,24,27)/t21-/m1/s1. The lowest BCUT2D eigenvalue weighted by Crippen LogP contribution is -2.33. The number of rotatable bonds is 6. The molecule has 1 aromatic heterocycles. The van der Waals surface area contributed by atoms with Crippen molar-refractivity contribution >= 4 is 5.91 Å². The molecule has 3 aromatic rings. The van der Waals surface area contributed by atoms with Gasteiger partial charge in [-0.1, -0.05) is 54.6 Å². The zero-order valence-electron chi connectivity index (χ0n) is 16.1. The van der Waals surface area contributed by atoms with Gasteiger partial charge in [0.05, 0.1) is 25.3 Å². The van der Waals surface area contributed by atoms with Crippen molar-refractivity contribution in [3.8, 4) is 0 Å². The van der Waals surface area contributed by atoms with Crippen LogP contribution in [0.4, 0.5) is 0 Å². The number of hydrogen-bond acceptors (Lipinski definition) is 3. The Morgan fingerprint density at radius 3 is 2.79 bits per heavy atom. The molecule has 4 rings (SSSR count). The molecule has 0 spiro atoms. The molecule has 1 N–H and O–H groups in total. The predicted octanol–water partition coefficient (Wildman–Crippen LogP) is 3.21. The molecule has 0 unspecified atom stereocenters. The first-order valence-electron chi connectivity index (χ1n) is 9.72. The Kier molecular flexibility index (Phi) is 5.53. The number of nitrogens with zero attached hydrogens (tertiary/aromatic N) is 2. The third-order valence-electron chi connectivity index (χ3n) is 5.15. The minimum Gasteiger partial charge on any atom is -0.370 e. The lowest BCUT2D eigenvalue weighted by Gasteiger charge is -2.22. The third kappa shape index (κ3) is 4.31. The van der Waals surface area contributed by atoms with Gasteiger partial charge in [-0.25, -0.2) is 0 Å². The smallest absolute Gasteiger partial charge is 0.224 e. The summed E-state index contributed by atoms with van der Waals surface area (Å²) in [4.78, 5) is 12.4. The van der Waals surface area contributed by atoms with Gasteiger partial charge in [-0.15, -0.1) is 0 Å². The molecule has 0 saturated carbocycles. The first-order valence-corrected chi connectivity index (χ1v) is 9.72. The van der Waals surface area contributed by atoms with Gasteiger partial charge in [0.25, 0.3) is 0 Å². The summed E-state index contributed by atoms with van der Waals surface area (Å²) >= 11 is 0. The van der Waals surface area contributed by atoms with Crippen LogP contribution in [0.1, 0.15) is 34.1 Å². The van der Waals surface area contributed by atoms with Crippen LogP contribution in [0.5, 0.6) is 0 Å². The molecule has 2 heterocycles. The topological polar surface area (TPSA) is 56.1 Å². The van der Waals surface area contributed by atoms with E-state index in [1.165, 1.54) is 11.1 Å². The van der Waals surface area contributed by atoms with Crippen LogP contribution in [0.25, 0.3) is 0 Å². The molecule has 28 heavy (non-hydrogen) atoms. The summed E-state index contributed by atoms with van der Waals surface area (Å²) in [6, 6.07) is 18.3. The molecule has 0 saturated heterocycles. The van der Waals surface area contributed by atoms with Crippen LogP contribution >= 0.6 is 0 Å². The van der Waals surface area contributed by atoms with Gasteiger partial charge in [0.2, 0.25) is 5.91 Å². The van der Waals surface area contributed by atoms with Gasteiger partial charge in [-0.05, 0) is 35.6 Å². The summed E-state index contributed by atoms with van der Waals surface area (Å²) in [7, 11) is 0. The molecule has 1 amide bonds. The number of aromatic nitrogens is 2. The minimum atomic E-state index is -0.193. The zero-order chi connectivity index (χ0) is 19.3. The fraction of sp³-hybridized carbons (Fsp3) is 0.304. The van der Waals surface area contributed by atoms with Crippen molar-refractivity contribution in [1.29, 1.82) is 0 Å². The number of carbonyl (C=O) groups is 1. The summed E-state index contributed by atoms with van der Waals surface area (Å²) < 4.78 is 7.87. The van der Waals surface area contributed by atoms with Crippen molar-refractivity contribution < 1.29 is 9.53 Å². The predicted molar refractivity (Wildman–Crippen MR) is 108 cm³/mol. The molecule has 1 aliphatic rings. The summed E-state index contributed by atoms with van der Waals surface area (Å²) in [6.45, 7) is 3.86. The van der Waals surface area contributed by atoms with Crippen molar-refractivity contribution in [2.24, 2.45) is 0 Å². The van der Waals surface area contributed by atoms with Crippen LogP contribution < -0.4 is 5.32 Å². The largest absolute Gasteiger partial charge is 0.370 e. The van der Waals surface area contributed by atoms with Gasteiger partial charge in [0.1, 0.15) is 6.10 Å². The molecule has 0 bridgehead atoms. The van der Waals surface area contributed by atoms with E-state index in [-0.39, 0.29) is 12.0 Å². The van der Waals surface area contributed by atoms with Crippen LogP contribution in [0, 0.1) is 6.92 Å². The van der Waals surface area contributed by atoms with E-state index in [2.05, 4.69) is 23.6 Å². The van der Waals surface area contributed by atoms with Gasteiger partial charge in [-0.2, -0.15) is 5.10 Å². The fourth-order valence-electron chi connectivity index (χ4n) is 3.59. The highest BCUT2D eigenvalue weighted by Crippen LogP contribution is 2.25. The first-order chi connectivity index (χ1) is 13.7. The Hall–Kier alpha value is -2.92. The SMILES string of the molecule is Cc1ccccc1CC(=O)NC[C@H]1OCCc2cn(Cc3ccccc3)nc21. The van der Waals surface area contributed by atoms with Gasteiger partial charge in [0.15, 0.2) is 0 Å². The second kappa shape index (κ2) is 8.40. The monoisotopic (exact) mass is 375 g/mol. The van der Waals surface area contributed by atoms with E-state index in [0.29, 0.717) is 19.6 Å². The van der Waals surface area contributed by atoms with E-state index in [9.17, 15) is 4.79 Å². The quantitative estimate of drug-likeness (QED) is 0.720. The Balaban J connectivity index is 1.39. The Morgan fingerprint density at radius 2 is 1.96 bits per heavy atom. The van der Waals surface area contributed by atoms with E-state index in [0.717, 1.165) is 29.8 Å². The van der Waals surface area contributed by atoms with Gasteiger partial charge >= 0.3 is 0 Å². The normalized spacial score (nSPS) is 15.8. The summed E-state index contributed by atoms with van der Waals surface area (Å²) in [5.74, 6) is 0.00809. The van der Waals surface area contributed by atoms with Gasteiger partial charge < -0.3 is 10.1 Å². The van der Waals surface area contributed by atoms with Crippen LogP contribution in [0.15, 0.2) is 60.8 Å². The van der Waals surface area contributed by atoms with Crippen LogP contribution in [0.3, 0.4) is 0 Å². The maximum Gasteiger partial charge on any atom is 0.224 e. The summed E-state index contributed by atoms with van der Waals surface area (Å²) in [5, 5.41) is 7.76. The molecule has 1 atom stereocenters. The number of ether oxygens (including phenoxy) is 1. The molecule has 144 valence electrons. The molecule has 0 fully saturated rings. The molecular weight excluding hydrogens is 350 g/mol. The average molecular weight is 375 g/mol. The lowest BCUT2D eigenvalue weighted by molar-refractivity contribution is -0.121. The maximum atomic E-state index is 12.4. The molecule has 0 radical (unpaired) electrons. The molecular formula is C23H25N3O2. The highest BCUT2D eigenvalue weighted by molar-refractivity contribution is 5.78. The van der Waals surface area contributed by atoms with Crippen LogP contribution in [-0.2, 0) is 28.9 Å². The van der Waals surface area contributed by atoms with Crippen LogP contribution in [0.2, 0.25) is 0 Å². The molecule has 5 heteroatoms. The highest BCUT2D eigenvalue weighted by Gasteiger charge is 2.25. The number of hydrogen-bond donors (Lipinski definition) is 1. The number of amides is 1. The Labute approximate surface area is 165 Å². The molecule has 1 aliphatic heterocycles. The number of nitrogens with one attached hydrogen (secondary N) is 1. The second-order valence-electron chi connectivity index (χ2n) is 7.24. The zero-order valence-corrected chi connectivity index (χ0v) is 16.1. The van der Waals surface area contributed by atoms with E-state index in [1.54, 1.807) is 0 Å². The first kappa shape index (κ1) is 18.4. The van der Waals surface area contributed by atoms with E-state index >= 15 is 0 Å². The lowest BCUT2D eigenvalue weighted by atomic mass is 10.0. The number of aryl methyl sites for hydroxylation is 1. The third-order valence-corrected chi connectivity index (χ3v) is 5.15. The van der Waals surface area contributed by atoms with Gasteiger partial charge in [0, 0.05) is 12.7 Å². The summed E-state index contributed by atoms with van der Waals surface area (Å²) in [6.07, 6.45) is 3.15. The molecule has 5 nitrogen and oxygen atoms in total. The van der Waals surface area contributed by atoms with E-state index in [4.69, 9.17) is 9.84 Å². The van der Waals surface area contributed by atoms with Crippen molar-refractivity contribution in [2.45, 2.75) is 32.4 Å². The minimum absolute atomic E-state index is 0.00809. The van der Waals surface area contributed by atoms with E-state index < -0.39 is 0 Å². The van der Waals surface area contributed by atoms with Gasteiger partial charge in [-0.3, -0.25) is 9.48 Å². The number of fused-ring (bicyclic) bond motifs is 1. The maximum absolute atomic E-state index is 12.4. The van der Waals surface area contributed by atoms with Crippen molar-refractivity contribution in [3.05, 3.63) is 88.7 Å². The second-order valence-corrected chi connectivity index (χ2v) is 7.24. The van der Waals surface area contributed by atoms with E-state index in [1.807, 2.05) is 54.1 Å². The van der Waals surface area contributed by atoms with Crippen molar-refractivity contribution in [2.75, 3.05) is 13.2 Å². The van der Waals surface area contributed by atoms with Crippen LogP contribution in [-0.4, -0.2) is 28.8 Å². The average Bonchev–Trinajstić information content (AvgIpc) is 3.12. The Morgan fingerprint density at radius 1 is 1.18 bits per heavy atom. The highest BCUT2D eigenvalue weighted by atomic mass is 16.5. The number of carbonyl (C=O) groups excluding carboxylic acids is 1. The van der Waals surface area contributed by atoms with Crippen molar-refractivity contribution in [1.82, 2.24) is 15.1 Å².